The molecule has 43 heavy (non-hydrogen) atoms. The number of alkyl halides is 3. The zero-order chi connectivity index (χ0) is 31.3. The molecular weight excluding hydrogens is 593 g/mol. The number of carbonyl (C=O) groups excluding carboxylic acids is 2. The smallest absolute Gasteiger partial charge is 0.406 e. The van der Waals surface area contributed by atoms with Gasteiger partial charge in [0.15, 0.2) is 14.6 Å². The zero-order valence-corrected chi connectivity index (χ0v) is 24.4. The summed E-state index contributed by atoms with van der Waals surface area (Å²) in [6, 6.07) is 11.2. The normalized spacial score (nSPS) is 17.7. The maximum atomic E-state index is 13.8. The van der Waals surface area contributed by atoms with Gasteiger partial charge in [0.2, 0.25) is 5.91 Å². The van der Waals surface area contributed by atoms with Gasteiger partial charge in [-0.2, -0.15) is 0 Å². The molecule has 2 amide bonds. The third kappa shape index (κ3) is 7.58. The molecule has 3 N–H and O–H groups in total. The number of amides is 2. The Balaban J connectivity index is 1.38. The summed E-state index contributed by atoms with van der Waals surface area (Å²) in [5.74, 6) is -1.81. The quantitative estimate of drug-likeness (QED) is 0.268. The second-order valence-electron chi connectivity index (χ2n) is 10.5. The Hall–Kier alpha value is -3.40. The van der Waals surface area contributed by atoms with Crippen molar-refractivity contribution in [3.05, 3.63) is 48.5 Å². The predicted octanol–water partition coefficient (Wildman–Crippen LogP) is 3.20. The van der Waals surface area contributed by atoms with E-state index in [-0.39, 0.29) is 48.5 Å². The van der Waals surface area contributed by atoms with Crippen molar-refractivity contribution in [2.45, 2.75) is 41.7 Å². The van der Waals surface area contributed by atoms with Crippen molar-refractivity contribution in [1.82, 2.24) is 10.4 Å². The van der Waals surface area contributed by atoms with E-state index in [0.29, 0.717) is 49.8 Å². The van der Waals surface area contributed by atoms with E-state index in [1.165, 1.54) is 31.4 Å². The molecule has 0 spiro atoms. The molecule has 2 saturated heterocycles. The van der Waals surface area contributed by atoms with Crippen LogP contribution in [0.1, 0.15) is 25.7 Å². The first-order chi connectivity index (χ1) is 20.4. The van der Waals surface area contributed by atoms with E-state index in [9.17, 15) is 36.4 Å². The van der Waals surface area contributed by atoms with Crippen LogP contribution in [0.4, 0.5) is 24.5 Å². The van der Waals surface area contributed by atoms with Gasteiger partial charge in [-0.3, -0.25) is 14.8 Å². The van der Waals surface area contributed by atoms with Crippen molar-refractivity contribution in [2.75, 3.05) is 56.7 Å². The van der Waals surface area contributed by atoms with E-state index in [2.05, 4.69) is 15.4 Å². The van der Waals surface area contributed by atoms with Crippen LogP contribution in [0, 0.1) is 5.92 Å². The largest absolute Gasteiger partial charge is 0.573 e. The van der Waals surface area contributed by atoms with Crippen LogP contribution in [-0.4, -0.2) is 88.1 Å². The minimum absolute atomic E-state index is 0.0149. The molecule has 11 nitrogen and oxygen atoms in total. The molecular formula is C28H35F3N4O7S. The first-order valence-corrected chi connectivity index (χ1v) is 15.3. The van der Waals surface area contributed by atoms with Crippen molar-refractivity contribution >= 4 is 33.0 Å². The highest BCUT2D eigenvalue weighted by Crippen LogP contribution is 2.36. The monoisotopic (exact) mass is 628 g/mol. The number of piperidine rings is 2. The second-order valence-corrected chi connectivity index (χ2v) is 12.7. The molecule has 2 aromatic carbocycles. The Bertz CT molecular complexity index is 1360. The van der Waals surface area contributed by atoms with E-state index in [4.69, 9.17) is 4.74 Å². The molecule has 0 radical (unpaired) electrons. The molecule has 2 fully saturated rings. The molecule has 15 heteroatoms. The number of nitrogens with one attached hydrogen (secondary N) is 2. The summed E-state index contributed by atoms with van der Waals surface area (Å²) in [5.41, 5.74) is 1.11. The van der Waals surface area contributed by atoms with Crippen molar-refractivity contribution in [3.8, 4) is 5.75 Å². The van der Waals surface area contributed by atoms with E-state index in [1.807, 2.05) is 4.90 Å². The molecule has 2 aliphatic heterocycles. The van der Waals surface area contributed by atoms with Crippen LogP contribution in [0.25, 0.3) is 0 Å². The number of nitrogens with zero attached hydrogens (tertiary/aromatic N) is 2. The van der Waals surface area contributed by atoms with Crippen molar-refractivity contribution in [3.63, 3.8) is 0 Å². The summed E-state index contributed by atoms with van der Waals surface area (Å²) in [6.07, 6.45) is -3.74. The summed E-state index contributed by atoms with van der Waals surface area (Å²) in [4.78, 5) is 28.0. The Kier molecular flexibility index (Phi) is 10.2. The fourth-order valence-electron chi connectivity index (χ4n) is 5.39. The summed E-state index contributed by atoms with van der Waals surface area (Å²) >= 11 is 0. The van der Waals surface area contributed by atoms with Gasteiger partial charge in [-0.25, -0.2) is 13.5 Å². The van der Waals surface area contributed by atoms with Crippen LogP contribution in [-0.2, 0) is 24.2 Å². The van der Waals surface area contributed by atoms with Gasteiger partial charge in [-0.15, -0.1) is 13.2 Å². The lowest BCUT2D eigenvalue weighted by Gasteiger charge is -2.37. The van der Waals surface area contributed by atoms with Crippen LogP contribution in [0.2, 0.25) is 0 Å². The average Bonchev–Trinajstić information content (AvgIpc) is 3.00. The Morgan fingerprint density at radius 3 is 2.23 bits per heavy atom. The third-order valence-electron chi connectivity index (χ3n) is 7.79. The van der Waals surface area contributed by atoms with E-state index < -0.39 is 26.9 Å². The SMILES string of the molecule is COCCN(O)C(=O)C1(S(=O)(=O)c2ccc(N3CCC(C(=O)Nc4ccc(OC(F)(F)F)cc4)CC3)cc2)CCNCC1. The maximum Gasteiger partial charge on any atom is 0.573 e. The molecule has 2 aromatic rings. The minimum Gasteiger partial charge on any atom is -0.406 e. The van der Waals surface area contributed by atoms with Gasteiger partial charge in [0.25, 0.3) is 5.91 Å². The maximum absolute atomic E-state index is 13.8. The molecule has 0 bridgehead atoms. The first-order valence-electron chi connectivity index (χ1n) is 13.8. The summed E-state index contributed by atoms with van der Waals surface area (Å²) in [5, 5.41) is 16.5. The van der Waals surface area contributed by atoms with Crippen LogP contribution in [0.3, 0.4) is 0 Å². The van der Waals surface area contributed by atoms with Gasteiger partial charge in [-0.1, -0.05) is 0 Å². The van der Waals surface area contributed by atoms with E-state index in [0.717, 1.165) is 17.8 Å². The van der Waals surface area contributed by atoms with Gasteiger partial charge in [0, 0.05) is 37.5 Å². The van der Waals surface area contributed by atoms with Crippen LogP contribution >= 0.6 is 0 Å². The third-order valence-corrected chi connectivity index (χ3v) is 10.3. The fourth-order valence-corrected chi connectivity index (χ4v) is 7.41. The first kappa shape index (κ1) is 32.5. The number of methoxy groups -OCH3 is 1. The Morgan fingerprint density at radius 2 is 1.67 bits per heavy atom. The Labute approximate surface area is 247 Å². The number of halogens is 3. The minimum atomic E-state index is -4.80. The van der Waals surface area contributed by atoms with Gasteiger partial charge in [-0.05, 0) is 87.3 Å². The van der Waals surface area contributed by atoms with E-state index >= 15 is 0 Å². The summed E-state index contributed by atoms with van der Waals surface area (Å²) in [7, 11) is -2.76. The van der Waals surface area contributed by atoms with Gasteiger partial charge < -0.3 is 25.0 Å². The Morgan fingerprint density at radius 1 is 1.07 bits per heavy atom. The molecule has 236 valence electrons. The van der Waals surface area contributed by atoms with Gasteiger partial charge in [0.1, 0.15) is 5.75 Å². The number of hydroxylamine groups is 2. The highest BCUT2D eigenvalue weighted by Gasteiger charge is 2.53. The fraction of sp³-hybridized carbons (Fsp3) is 0.500. The van der Waals surface area contributed by atoms with Gasteiger partial charge in [0.05, 0.1) is 18.0 Å². The van der Waals surface area contributed by atoms with Crippen molar-refractivity contribution < 1.29 is 45.9 Å². The number of sulfone groups is 1. The zero-order valence-electron chi connectivity index (χ0n) is 23.6. The molecule has 0 atom stereocenters. The number of benzene rings is 2. The topological polar surface area (TPSA) is 138 Å². The molecule has 0 saturated carbocycles. The number of hydrogen-bond donors (Lipinski definition) is 3. The molecule has 2 heterocycles. The molecule has 0 aromatic heterocycles. The summed E-state index contributed by atoms with van der Waals surface area (Å²) < 4.78 is 71.7. The number of anilines is 2. The summed E-state index contributed by atoms with van der Waals surface area (Å²) in [6.45, 7) is 1.56. The van der Waals surface area contributed by atoms with Crippen LogP contribution < -0.4 is 20.3 Å². The number of hydrogen-bond acceptors (Lipinski definition) is 9. The lowest BCUT2D eigenvalue weighted by Crippen LogP contribution is -2.58. The molecule has 0 aliphatic carbocycles. The lowest BCUT2D eigenvalue weighted by molar-refractivity contribution is -0.274. The molecule has 2 aliphatic rings. The molecule has 0 unspecified atom stereocenters. The van der Waals surface area contributed by atoms with Crippen molar-refractivity contribution in [2.24, 2.45) is 5.92 Å². The number of ether oxygens (including phenoxy) is 2. The highest BCUT2D eigenvalue weighted by atomic mass is 32.2. The van der Waals surface area contributed by atoms with Crippen molar-refractivity contribution in [1.29, 1.82) is 0 Å². The second kappa shape index (κ2) is 13.5. The number of carbonyl (C=O) groups is 2. The van der Waals surface area contributed by atoms with Crippen LogP contribution in [0.15, 0.2) is 53.4 Å². The average molecular weight is 629 g/mol. The van der Waals surface area contributed by atoms with Crippen LogP contribution in [0.5, 0.6) is 5.75 Å². The van der Waals surface area contributed by atoms with E-state index in [1.54, 1.807) is 12.1 Å². The number of rotatable bonds is 10. The van der Waals surface area contributed by atoms with Gasteiger partial charge >= 0.3 is 6.36 Å². The standard InChI is InChI=1S/C28H35F3N4O7S/c1-41-19-18-35(38)26(37)27(12-14-32-15-13-27)43(39,40)24-8-4-22(5-9-24)34-16-10-20(11-17-34)25(36)33-21-2-6-23(7-3-21)42-28(29,30)31/h2-9,20,32,38H,10-19H2,1H3,(H,33,36). The predicted molar refractivity (Wildman–Crippen MR) is 151 cm³/mol. The lowest BCUT2D eigenvalue weighted by atomic mass is 9.95. The molecule has 4 rings (SSSR count). The highest BCUT2D eigenvalue weighted by molar-refractivity contribution is 7.93.